The van der Waals surface area contributed by atoms with Crippen molar-refractivity contribution >= 4 is 17.6 Å². The van der Waals surface area contributed by atoms with Gasteiger partial charge in [0.25, 0.3) is 0 Å². The maximum absolute atomic E-state index is 12.4. The molecule has 0 saturated heterocycles. The molecule has 1 aliphatic rings. The average molecular weight is 274 g/mol. The van der Waals surface area contributed by atoms with Gasteiger partial charge in [-0.15, -0.1) is 0 Å². The van der Waals surface area contributed by atoms with Gasteiger partial charge in [-0.25, -0.2) is 0 Å². The molecular formula is C14H14N2O4. The zero-order chi connectivity index (χ0) is 14.7. The summed E-state index contributed by atoms with van der Waals surface area (Å²) in [5, 5.41) is 18.2. The number of benzene rings is 1. The molecule has 1 aromatic carbocycles. The van der Waals surface area contributed by atoms with E-state index in [-0.39, 0.29) is 5.91 Å². The monoisotopic (exact) mass is 274 g/mol. The van der Waals surface area contributed by atoms with E-state index in [1.807, 2.05) is 0 Å². The van der Waals surface area contributed by atoms with Crippen molar-refractivity contribution in [1.82, 2.24) is 0 Å². The molecule has 0 radical (unpaired) electrons. The summed E-state index contributed by atoms with van der Waals surface area (Å²) in [6.07, 6.45) is 0. The molecule has 0 bridgehead atoms. The Hall–Kier alpha value is -2.39. The van der Waals surface area contributed by atoms with Gasteiger partial charge in [0.2, 0.25) is 5.91 Å². The predicted molar refractivity (Wildman–Crippen MR) is 70.2 cm³/mol. The van der Waals surface area contributed by atoms with Crippen LogP contribution < -0.4 is 4.90 Å². The van der Waals surface area contributed by atoms with E-state index in [0.717, 1.165) is 0 Å². The number of aliphatic carboxylic acids is 1. The molecular weight excluding hydrogens is 260 g/mol. The smallest absolute Gasteiger partial charge is 0.322 e. The second-order valence-electron chi connectivity index (χ2n) is 4.46. The molecule has 2 unspecified atom stereocenters. The van der Waals surface area contributed by atoms with Gasteiger partial charge in [-0.2, -0.15) is 5.26 Å². The molecule has 0 fully saturated rings. The molecule has 0 saturated carbocycles. The number of carboxylic acids is 1. The Kier molecular flexibility index (Phi) is 4.01. The zero-order valence-corrected chi connectivity index (χ0v) is 10.9. The summed E-state index contributed by atoms with van der Waals surface area (Å²) in [5.74, 6) is -3.98. The number of nitriles is 1. The third-order valence-electron chi connectivity index (χ3n) is 3.35. The minimum absolute atomic E-state index is 0.334. The van der Waals surface area contributed by atoms with Crippen molar-refractivity contribution in [3.05, 3.63) is 29.8 Å². The Bertz CT molecular complexity index is 579. The van der Waals surface area contributed by atoms with Crippen LogP contribution in [0.5, 0.6) is 0 Å². The van der Waals surface area contributed by atoms with E-state index in [9.17, 15) is 9.59 Å². The number of hydrogen-bond acceptors (Lipinski definition) is 4. The number of hydrogen-bond donors (Lipinski definition) is 1. The van der Waals surface area contributed by atoms with Gasteiger partial charge < -0.3 is 14.7 Å². The van der Waals surface area contributed by atoms with Crippen LogP contribution in [0.25, 0.3) is 0 Å². The Labute approximate surface area is 116 Å². The Morgan fingerprint density at radius 2 is 2.25 bits per heavy atom. The quantitative estimate of drug-likeness (QED) is 0.864. The zero-order valence-electron chi connectivity index (χ0n) is 10.9. The second-order valence-corrected chi connectivity index (χ2v) is 4.46. The van der Waals surface area contributed by atoms with E-state index in [1.165, 1.54) is 12.0 Å². The van der Waals surface area contributed by atoms with Crippen LogP contribution in [0.2, 0.25) is 0 Å². The molecule has 2 atom stereocenters. The Morgan fingerprint density at radius 3 is 2.85 bits per heavy atom. The second kappa shape index (κ2) is 5.72. The van der Waals surface area contributed by atoms with E-state index < -0.39 is 17.8 Å². The lowest BCUT2D eigenvalue weighted by atomic mass is 9.88. The summed E-state index contributed by atoms with van der Waals surface area (Å²) in [4.78, 5) is 25.1. The predicted octanol–water partition coefficient (Wildman–Crippen LogP) is 0.988. The maximum atomic E-state index is 12.4. The molecule has 6 nitrogen and oxygen atoms in total. The summed E-state index contributed by atoms with van der Waals surface area (Å²) < 4.78 is 4.96. The number of anilines is 1. The van der Waals surface area contributed by atoms with Crippen LogP contribution in [-0.4, -0.2) is 37.2 Å². The molecule has 104 valence electrons. The Morgan fingerprint density at radius 1 is 1.55 bits per heavy atom. The van der Waals surface area contributed by atoms with Crippen molar-refractivity contribution < 1.29 is 19.4 Å². The molecule has 1 aromatic rings. The molecule has 0 aromatic heterocycles. The molecule has 0 aliphatic carbocycles. The van der Waals surface area contributed by atoms with Gasteiger partial charge in [0.15, 0.2) is 5.92 Å². The third kappa shape index (κ3) is 2.24. The number of carbonyl (C=O) groups excluding carboxylic acids is 1. The molecule has 1 N–H and O–H groups in total. The number of amides is 1. The number of nitrogens with zero attached hydrogens (tertiary/aromatic N) is 2. The van der Waals surface area contributed by atoms with Gasteiger partial charge in [0.1, 0.15) is 0 Å². The lowest BCUT2D eigenvalue weighted by molar-refractivity contribution is -0.142. The van der Waals surface area contributed by atoms with Crippen LogP contribution in [0.1, 0.15) is 11.5 Å². The number of ether oxygens (including phenoxy) is 1. The average Bonchev–Trinajstić information content (AvgIpc) is 2.71. The van der Waals surface area contributed by atoms with Crippen molar-refractivity contribution in [2.75, 3.05) is 25.2 Å². The summed E-state index contributed by atoms with van der Waals surface area (Å²) >= 11 is 0. The molecule has 2 rings (SSSR count). The molecule has 1 amide bonds. The van der Waals surface area contributed by atoms with Crippen molar-refractivity contribution in [2.24, 2.45) is 5.92 Å². The molecule has 20 heavy (non-hydrogen) atoms. The third-order valence-corrected chi connectivity index (χ3v) is 3.35. The van der Waals surface area contributed by atoms with Crippen molar-refractivity contribution in [3.8, 4) is 6.07 Å². The summed E-state index contributed by atoms with van der Waals surface area (Å²) in [7, 11) is 1.53. The molecule has 1 heterocycles. The van der Waals surface area contributed by atoms with Crippen LogP contribution in [0, 0.1) is 17.2 Å². The van der Waals surface area contributed by atoms with Crippen LogP contribution >= 0.6 is 0 Å². The minimum Gasteiger partial charge on any atom is -0.480 e. The number of carbonyl (C=O) groups is 2. The first kappa shape index (κ1) is 14.0. The van der Waals surface area contributed by atoms with Crippen molar-refractivity contribution in [1.29, 1.82) is 5.26 Å². The highest BCUT2D eigenvalue weighted by molar-refractivity contribution is 6.07. The van der Waals surface area contributed by atoms with Crippen LogP contribution in [0.4, 0.5) is 5.69 Å². The lowest BCUT2D eigenvalue weighted by Crippen LogP contribution is -2.35. The van der Waals surface area contributed by atoms with Crippen molar-refractivity contribution in [3.63, 3.8) is 0 Å². The van der Waals surface area contributed by atoms with E-state index in [0.29, 0.717) is 24.4 Å². The molecule has 6 heteroatoms. The first-order valence-electron chi connectivity index (χ1n) is 6.13. The number of methoxy groups -OCH3 is 1. The van der Waals surface area contributed by atoms with Crippen molar-refractivity contribution in [2.45, 2.75) is 5.92 Å². The number of rotatable bonds is 5. The van der Waals surface area contributed by atoms with Crippen LogP contribution in [0.15, 0.2) is 24.3 Å². The number of fused-ring (bicyclic) bond motifs is 1. The van der Waals surface area contributed by atoms with Gasteiger partial charge in [-0.3, -0.25) is 9.59 Å². The molecule has 0 spiro atoms. The highest BCUT2D eigenvalue weighted by Gasteiger charge is 2.44. The minimum atomic E-state index is -1.38. The highest BCUT2D eigenvalue weighted by Crippen LogP contribution is 2.41. The Balaban J connectivity index is 2.43. The fraction of sp³-hybridized carbons (Fsp3) is 0.357. The van der Waals surface area contributed by atoms with Gasteiger partial charge in [0, 0.05) is 19.3 Å². The first-order chi connectivity index (χ1) is 9.61. The summed E-state index contributed by atoms with van der Waals surface area (Å²) in [6, 6.07) is 8.66. The van der Waals surface area contributed by atoms with Crippen LogP contribution in [-0.2, 0) is 14.3 Å². The normalized spacial score (nSPS) is 18.5. The van der Waals surface area contributed by atoms with Gasteiger partial charge in [-0.1, -0.05) is 18.2 Å². The summed E-state index contributed by atoms with van der Waals surface area (Å²) in [5.41, 5.74) is 1.24. The standard InChI is InChI=1S/C14H14N2O4/c1-20-7-6-16-11-5-3-2-4-9(11)12(13(16)17)10(8-15)14(18)19/h2-5,10,12H,6-7H2,1H3,(H,18,19). The molecule has 1 aliphatic heterocycles. The van der Waals surface area contributed by atoms with Crippen LogP contribution in [0.3, 0.4) is 0 Å². The van der Waals surface area contributed by atoms with E-state index in [4.69, 9.17) is 15.1 Å². The first-order valence-corrected chi connectivity index (χ1v) is 6.13. The fourth-order valence-corrected chi connectivity index (χ4v) is 2.42. The lowest BCUT2D eigenvalue weighted by Gasteiger charge is -2.17. The highest BCUT2D eigenvalue weighted by atomic mass is 16.5. The topological polar surface area (TPSA) is 90.6 Å². The maximum Gasteiger partial charge on any atom is 0.322 e. The van der Waals surface area contributed by atoms with Gasteiger partial charge >= 0.3 is 5.97 Å². The fourth-order valence-electron chi connectivity index (χ4n) is 2.42. The number of para-hydroxylation sites is 1. The van der Waals surface area contributed by atoms with Gasteiger partial charge in [0.05, 0.1) is 18.6 Å². The van der Waals surface area contributed by atoms with Gasteiger partial charge in [-0.05, 0) is 11.6 Å². The van der Waals surface area contributed by atoms with E-state index in [1.54, 1.807) is 30.3 Å². The van der Waals surface area contributed by atoms with E-state index in [2.05, 4.69) is 0 Å². The largest absolute Gasteiger partial charge is 0.480 e. The summed E-state index contributed by atoms with van der Waals surface area (Å²) in [6.45, 7) is 0.678. The van der Waals surface area contributed by atoms with E-state index >= 15 is 0 Å². The SMILES string of the molecule is COCCN1C(=O)C(C(C#N)C(=O)O)c2ccccc21. The number of carboxylic acid groups (broad SMARTS) is 1.